The summed E-state index contributed by atoms with van der Waals surface area (Å²) in [6.07, 6.45) is 7.67. The summed E-state index contributed by atoms with van der Waals surface area (Å²) in [4.78, 5) is 1.50. The summed E-state index contributed by atoms with van der Waals surface area (Å²) >= 11 is 5.38. The Kier molecular flexibility index (Phi) is 8.15. The molecule has 1 unspecified atom stereocenters. The first-order valence-electron chi connectivity index (χ1n) is 6.72. The van der Waals surface area contributed by atoms with Crippen LogP contribution >= 0.6 is 27.3 Å². The summed E-state index contributed by atoms with van der Waals surface area (Å²) in [6, 6.07) is 2.97. The Balaban J connectivity index is 2.21. The molecule has 98 valence electrons. The lowest BCUT2D eigenvalue weighted by Gasteiger charge is -2.17. The van der Waals surface area contributed by atoms with Crippen LogP contribution in [0.5, 0.6) is 0 Å². The fourth-order valence-corrected chi connectivity index (χ4v) is 3.55. The molecule has 1 N–H and O–H groups in total. The van der Waals surface area contributed by atoms with Crippen molar-refractivity contribution in [1.82, 2.24) is 5.32 Å². The van der Waals surface area contributed by atoms with Gasteiger partial charge in [0.05, 0.1) is 0 Å². The molecule has 0 amide bonds. The summed E-state index contributed by atoms with van der Waals surface area (Å²) in [5.41, 5.74) is 0. The normalized spacial score (nSPS) is 12.9. The number of aryl methyl sites for hydroxylation is 1. The minimum absolute atomic E-state index is 0.725. The SMILES string of the molecule is CCCNC(CCC)CCCc1cc(Br)cs1. The average Bonchev–Trinajstić information content (AvgIpc) is 2.72. The molecule has 0 aliphatic carbocycles. The fraction of sp³-hybridized carbons (Fsp3) is 0.714. The van der Waals surface area contributed by atoms with Crippen molar-refractivity contribution in [2.24, 2.45) is 0 Å². The summed E-state index contributed by atoms with van der Waals surface area (Å²) in [7, 11) is 0. The maximum absolute atomic E-state index is 3.66. The van der Waals surface area contributed by atoms with Gasteiger partial charge < -0.3 is 5.32 Å². The van der Waals surface area contributed by atoms with Gasteiger partial charge >= 0.3 is 0 Å². The third-order valence-corrected chi connectivity index (χ3v) is 4.68. The van der Waals surface area contributed by atoms with Gasteiger partial charge in [-0.15, -0.1) is 11.3 Å². The van der Waals surface area contributed by atoms with E-state index in [0.29, 0.717) is 0 Å². The number of nitrogens with one attached hydrogen (secondary N) is 1. The molecule has 1 nitrogen and oxygen atoms in total. The Morgan fingerprint density at radius 2 is 2.12 bits per heavy atom. The van der Waals surface area contributed by atoms with Crippen LogP contribution in [0.2, 0.25) is 0 Å². The van der Waals surface area contributed by atoms with Crippen LogP contribution in [0.4, 0.5) is 0 Å². The highest BCUT2D eigenvalue weighted by Gasteiger charge is 2.06. The largest absolute Gasteiger partial charge is 0.314 e. The summed E-state index contributed by atoms with van der Waals surface area (Å²) in [5.74, 6) is 0. The maximum atomic E-state index is 3.66. The topological polar surface area (TPSA) is 12.0 Å². The molecule has 3 heteroatoms. The molecule has 0 bridgehead atoms. The Morgan fingerprint density at radius 1 is 1.29 bits per heavy atom. The predicted molar refractivity (Wildman–Crippen MR) is 81.9 cm³/mol. The van der Waals surface area contributed by atoms with E-state index in [2.05, 4.69) is 46.5 Å². The monoisotopic (exact) mass is 317 g/mol. The highest BCUT2D eigenvalue weighted by molar-refractivity contribution is 9.10. The lowest BCUT2D eigenvalue weighted by molar-refractivity contribution is 0.438. The molecule has 1 aromatic rings. The predicted octanol–water partition coefficient (Wildman–Crippen LogP) is 5.00. The average molecular weight is 318 g/mol. The Labute approximate surface area is 118 Å². The fourth-order valence-electron chi connectivity index (χ4n) is 2.05. The van der Waals surface area contributed by atoms with Crippen molar-refractivity contribution in [3.8, 4) is 0 Å². The Morgan fingerprint density at radius 3 is 2.71 bits per heavy atom. The van der Waals surface area contributed by atoms with Crippen molar-refractivity contribution in [3.63, 3.8) is 0 Å². The quantitative estimate of drug-likeness (QED) is 0.675. The van der Waals surface area contributed by atoms with E-state index in [1.165, 1.54) is 47.9 Å². The second kappa shape index (κ2) is 9.12. The number of hydrogen-bond donors (Lipinski definition) is 1. The van der Waals surface area contributed by atoms with Crippen molar-refractivity contribution in [3.05, 3.63) is 20.8 Å². The standard InChI is InChI=1S/C14H24BrNS/c1-3-6-13(16-9-4-2)7-5-8-14-10-12(15)11-17-14/h10-11,13,16H,3-9H2,1-2H3. The minimum Gasteiger partial charge on any atom is -0.314 e. The Hall–Kier alpha value is 0.140. The molecule has 17 heavy (non-hydrogen) atoms. The molecule has 1 aromatic heterocycles. The first-order valence-corrected chi connectivity index (χ1v) is 8.39. The van der Waals surface area contributed by atoms with Crippen LogP contribution in [-0.2, 0) is 6.42 Å². The third kappa shape index (κ3) is 6.58. The van der Waals surface area contributed by atoms with Gasteiger partial charge in [-0.05, 0) is 60.6 Å². The highest BCUT2D eigenvalue weighted by Crippen LogP contribution is 2.21. The highest BCUT2D eigenvalue weighted by atomic mass is 79.9. The van der Waals surface area contributed by atoms with Crippen LogP contribution < -0.4 is 5.32 Å². The number of rotatable bonds is 9. The van der Waals surface area contributed by atoms with Gasteiger partial charge in [0, 0.05) is 20.8 Å². The number of halogens is 1. The molecule has 0 saturated heterocycles. The van der Waals surface area contributed by atoms with Crippen molar-refractivity contribution in [1.29, 1.82) is 0 Å². The van der Waals surface area contributed by atoms with E-state index in [1.807, 2.05) is 11.3 Å². The molecular weight excluding hydrogens is 294 g/mol. The summed E-state index contributed by atoms with van der Waals surface area (Å²) in [5, 5.41) is 5.83. The molecule has 0 saturated carbocycles. The molecule has 1 heterocycles. The number of hydrogen-bond acceptors (Lipinski definition) is 2. The van der Waals surface area contributed by atoms with Crippen molar-refractivity contribution in [2.45, 2.75) is 58.4 Å². The zero-order chi connectivity index (χ0) is 12.5. The lowest BCUT2D eigenvalue weighted by Crippen LogP contribution is -2.29. The van der Waals surface area contributed by atoms with Crippen molar-refractivity contribution < 1.29 is 0 Å². The summed E-state index contributed by atoms with van der Waals surface area (Å²) < 4.78 is 1.23. The molecular formula is C14H24BrNS. The third-order valence-electron chi connectivity index (χ3n) is 2.92. The van der Waals surface area contributed by atoms with E-state index in [4.69, 9.17) is 0 Å². The minimum atomic E-state index is 0.725. The second-order valence-electron chi connectivity index (χ2n) is 4.56. The van der Waals surface area contributed by atoms with E-state index in [-0.39, 0.29) is 0 Å². The zero-order valence-electron chi connectivity index (χ0n) is 11.0. The Bertz CT molecular complexity index is 298. The maximum Gasteiger partial charge on any atom is 0.0285 e. The van der Waals surface area contributed by atoms with Crippen LogP contribution in [0.25, 0.3) is 0 Å². The van der Waals surface area contributed by atoms with Crippen LogP contribution in [0.15, 0.2) is 15.9 Å². The van der Waals surface area contributed by atoms with Gasteiger partial charge in [-0.2, -0.15) is 0 Å². The van der Waals surface area contributed by atoms with Crippen molar-refractivity contribution in [2.75, 3.05) is 6.54 Å². The van der Waals surface area contributed by atoms with Gasteiger partial charge in [0.25, 0.3) is 0 Å². The van der Waals surface area contributed by atoms with Gasteiger partial charge in [-0.25, -0.2) is 0 Å². The number of thiophene rings is 1. The van der Waals surface area contributed by atoms with E-state index in [1.54, 1.807) is 0 Å². The first-order chi connectivity index (χ1) is 8.26. The van der Waals surface area contributed by atoms with Gasteiger partial charge in [-0.3, -0.25) is 0 Å². The van der Waals surface area contributed by atoms with Gasteiger partial charge in [0.15, 0.2) is 0 Å². The van der Waals surface area contributed by atoms with Gasteiger partial charge in [0.1, 0.15) is 0 Å². The van der Waals surface area contributed by atoms with Gasteiger partial charge in [0.2, 0.25) is 0 Å². The lowest BCUT2D eigenvalue weighted by atomic mass is 10.0. The van der Waals surface area contributed by atoms with Crippen LogP contribution in [0, 0.1) is 0 Å². The first kappa shape index (κ1) is 15.2. The van der Waals surface area contributed by atoms with Crippen LogP contribution in [-0.4, -0.2) is 12.6 Å². The molecule has 0 aliphatic heterocycles. The van der Waals surface area contributed by atoms with Crippen LogP contribution in [0.1, 0.15) is 50.8 Å². The molecule has 1 rings (SSSR count). The zero-order valence-corrected chi connectivity index (χ0v) is 13.4. The van der Waals surface area contributed by atoms with E-state index < -0.39 is 0 Å². The van der Waals surface area contributed by atoms with E-state index in [0.717, 1.165) is 12.6 Å². The summed E-state index contributed by atoms with van der Waals surface area (Å²) in [6.45, 7) is 5.67. The van der Waals surface area contributed by atoms with Crippen molar-refractivity contribution >= 4 is 27.3 Å². The van der Waals surface area contributed by atoms with E-state index >= 15 is 0 Å². The van der Waals surface area contributed by atoms with Gasteiger partial charge in [-0.1, -0.05) is 20.3 Å². The molecule has 0 fully saturated rings. The molecule has 1 atom stereocenters. The molecule has 0 aromatic carbocycles. The smallest absolute Gasteiger partial charge is 0.0285 e. The molecule has 0 radical (unpaired) electrons. The van der Waals surface area contributed by atoms with Crippen LogP contribution in [0.3, 0.4) is 0 Å². The van der Waals surface area contributed by atoms with E-state index in [9.17, 15) is 0 Å². The molecule has 0 spiro atoms. The molecule has 0 aliphatic rings. The second-order valence-corrected chi connectivity index (χ2v) is 6.47.